The first-order valence-corrected chi connectivity index (χ1v) is 5.98. The van der Waals surface area contributed by atoms with Crippen LogP contribution in [0.2, 0.25) is 10.0 Å². The monoisotopic (exact) mass is 278 g/mol. The third-order valence-corrected chi connectivity index (χ3v) is 3.08. The van der Waals surface area contributed by atoms with Gasteiger partial charge in [-0.1, -0.05) is 23.2 Å². The SMILES string of the molecule is CNCCC(O)C(O)c1c(Cl)cc(N)cc1Cl. The molecule has 2 unspecified atom stereocenters. The summed E-state index contributed by atoms with van der Waals surface area (Å²) in [6.45, 7) is 0.586. The molecule has 0 aromatic heterocycles. The highest BCUT2D eigenvalue weighted by molar-refractivity contribution is 6.36. The van der Waals surface area contributed by atoms with Gasteiger partial charge < -0.3 is 21.3 Å². The molecule has 1 rings (SSSR count). The third kappa shape index (κ3) is 3.72. The Balaban J connectivity index is 2.91. The van der Waals surface area contributed by atoms with Crippen LogP contribution in [0.4, 0.5) is 5.69 Å². The van der Waals surface area contributed by atoms with Crippen LogP contribution < -0.4 is 11.1 Å². The molecular formula is C11H16Cl2N2O2. The molecule has 4 nitrogen and oxygen atoms in total. The fourth-order valence-corrected chi connectivity index (χ4v) is 2.26. The van der Waals surface area contributed by atoms with E-state index in [4.69, 9.17) is 28.9 Å². The number of nitrogen functional groups attached to an aromatic ring is 1. The van der Waals surface area contributed by atoms with Crippen LogP contribution in [-0.4, -0.2) is 29.9 Å². The second kappa shape index (κ2) is 6.42. The fraction of sp³-hybridized carbons (Fsp3) is 0.455. The van der Waals surface area contributed by atoms with Gasteiger partial charge in [-0.05, 0) is 32.1 Å². The lowest BCUT2D eigenvalue weighted by atomic mass is 10.0. The zero-order valence-corrected chi connectivity index (χ0v) is 11.0. The molecule has 6 heteroatoms. The van der Waals surface area contributed by atoms with Crippen molar-refractivity contribution in [1.82, 2.24) is 5.32 Å². The summed E-state index contributed by atoms with van der Waals surface area (Å²) in [5.74, 6) is 0. The van der Waals surface area contributed by atoms with Gasteiger partial charge in [-0.25, -0.2) is 0 Å². The molecule has 1 aromatic rings. The van der Waals surface area contributed by atoms with Crippen molar-refractivity contribution in [3.63, 3.8) is 0 Å². The van der Waals surface area contributed by atoms with Crippen LogP contribution in [-0.2, 0) is 0 Å². The predicted octanol–water partition coefficient (Wildman–Crippen LogP) is 1.58. The van der Waals surface area contributed by atoms with E-state index in [-0.39, 0.29) is 10.0 Å². The number of benzene rings is 1. The Hall–Kier alpha value is -0.520. The van der Waals surface area contributed by atoms with E-state index in [0.717, 1.165) is 0 Å². The van der Waals surface area contributed by atoms with Crippen LogP contribution in [0.25, 0.3) is 0 Å². The fourth-order valence-electron chi connectivity index (χ4n) is 1.53. The summed E-state index contributed by atoms with van der Waals surface area (Å²) in [7, 11) is 1.77. The van der Waals surface area contributed by atoms with Crippen molar-refractivity contribution in [2.75, 3.05) is 19.3 Å². The maximum absolute atomic E-state index is 9.98. The Labute approximate surface area is 110 Å². The van der Waals surface area contributed by atoms with Crippen molar-refractivity contribution >= 4 is 28.9 Å². The predicted molar refractivity (Wildman–Crippen MR) is 70.4 cm³/mol. The first-order valence-electron chi connectivity index (χ1n) is 5.22. The van der Waals surface area contributed by atoms with Gasteiger partial charge in [0.05, 0.1) is 6.10 Å². The molecule has 0 saturated carbocycles. The number of nitrogens with one attached hydrogen (secondary N) is 1. The van der Waals surface area contributed by atoms with Crippen molar-refractivity contribution in [1.29, 1.82) is 0 Å². The van der Waals surface area contributed by atoms with Crippen LogP contribution in [0.15, 0.2) is 12.1 Å². The average Bonchev–Trinajstić information content (AvgIpc) is 2.24. The highest BCUT2D eigenvalue weighted by Gasteiger charge is 2.23. The smallest absolute Gasteiger partial charge is 0.108 e. The number of halogens is 2. The standard InChI is InChI=1S/C11H16Cl2N2O2/c1-15-3-2-9(16)11(17)10-7(12)4-6(14)5-8(10)13/h4-5,9,11,15-17H,2-3,14H2,1H3. The van der Waals surface area contributed by atoms with Crippen molar-refractivity contribution < 1.29 is 10.2 Å². The van der Waals surface area contributed by atoms with E-state index in [2.05, 4.69) is 5.32 Å². The molecule has 2 atom stereocenters. The van der Waals surface area contributed by atoms with Crippen LogP contribution >= 0.6 is 23.2 Å². The van der Waals surface area contributed by atoms with E-state index in [1.54, 1.807) is 7.05 Å². The minimum Gasteiger partial charge on any atom is -0.399 e. The molecule has 0 amide bonds. The number of nitrogens with two attached hydrogens (primary N) is 1. The lowest BCUT2D eigenvalue weighted by Gasteiger charge is -2.20. The molecule has 0 heterocycles. The van der Waals surface area contributed by atoms with Crippen LogP contribution in [0, 0.1) is 0 Å². The molecule has 0 radical (unpaired) electrons. The third-order valence-electron chi connectivity index (χ3n) is 2.45. The highest BCUT2D eigenvalue weighted by atomic mass is 35.5. The Morgan fingerprint density at radius 1 is 1.29 bits per heavy atom. The maximum atomic E-state index is 9.98. The van der Waals surface area contributed by atoms with Gasteiger partial charge in [-0.3, -0.25) is 0 Å². The Bertz CT molecular complexity index is 365. The van der Waals surface area contributed by atoms with Crippen molar-refractivity contribution in [3.05, 3.63) is 27.7 Å². The quantitative estimate of drug-likeness (QED) is 0.617. The summed E-state index contributed by atoms with van der Waals surface area (Å²) in [5.41, 5.74) is 6.29. The lowest BCUT2D eigenvalue weighted by Crippen LogP contribution is -2.23. The van der Waals surface area contributed by atoms with Crippen LogP contribution in [0.5, 0.6) is 0 Å². The van der Waals surface area contributed by atoms with Gasteiger partial charge >= 0.3 is 0 Å². The first kappa shape index (κ1) is 14.5. The van der Waals surface area contributed by atoms with E-state index >= 15 is 0 Å². The summed E-state index contributed by atoms with van der Waals surface area (Å²) in [6, 6.07) is 2.99. The zero-order chi connectivity index (χ0) is 13.0. The van der Waals surface area contributed by atoms with Gasteiger partial charge in [0.2, 0.25) is 0 Å². The van der Waals surface area contributed by atoms with Gasteiger partial charge in [-0.2, -0.15) is 0 Å². The van der Waals surface area contributed by atoms with Crippen LogP contribution in [0.1, 0.15) is 18.1 Å². The van der Waals surface area contributed by atoms with E-state index in [1.165, 1.54) is 12.1 Å². The van der Waals surface area contributed by atoms with Crippen molar-refractivity contribution in [2.45, 2.75) is 18.6 Å². The topological polar surface area (TPSA) is 78.5 Å². The highest BCUT2D eigenvalue weighted by Crippen LogP contribution is 2.34. The van der Waals surface area contributed by atoms with Crippen molar-refractivity contribution in [3.8, 4) is 0 Å². The van der Waals surface area contributed by atoms with Gasteiger partial charge in [0.25, 0.3) is 0 Å². The molecule has 0 saturated heterocycles. The van der Waals surface area contributed by atoms with E-state index in [0.29, 0.717) is 24.2 Å². The number of hydrogen-bond donors (Lipinski definition) is 4. The number of hydrogen-bond acceptors (Lipinski definition) is 4. The molecule has 0 aliphatic heterocycles. The summed E-state index contributed by atoms with van der Waals surface area (Å²) in [5, 5.41) is 23.2. The maximum Gasteiger partial charge on any atom is 0.108 e. The molecule has 0 spiro atoms. The van der Waals surface area contributed by atoms with Gasteiger partial charge in [-0.15, -0.1) is 0 Å². The Kier molecular flexibility index (Phi) is 5.49. The Morgan fingerprint density at radius 2 is 1.82 bits per heavy atom. The summed E-state index contributed by atoms with van der Waals surface area (Å²) < 4.78 is 0. The molecule has 0 aliphatic rings. The van der Waals surface area contributed by atoms with Crippen LogP contribution in [0.3, 0.4) is 0 Å². The van der Waals surface area contributed by atoms with E-state index in [1.807, 2.05) is 0 Å². The average molecular weight is 279 g/mol. The van der Waals surface area contributed by atoms with Gasteiger partial charge in [0.15, 0.2) is 0 Å². The molecule has 1 aromatic carbocycles. The largest absolute Gasteiger partial charge is 0.399 e. The molecule has 0 aliphatic carbocycles. The number of rotatable bonds is 5. The first-order chi connectivity index (χ1) is 7.97. The Morgan fingerprint density at radius 3 is 2.29 bits per heavy atom. The summed E-state index contributed by atoms with van der Waals surface area (Å²) in [6.07, 6.45) is -1.65. The van der Waals surface area contributed by atoms with E-state index in [9.17, 15) is 10.2 Å². The molecule has 0 bridgehead atoms. The number of aliphatic hydroxyl groups excluding tert-OH is 2. The summed E-state index contributed by atoms with van der Waals surface area (Å²) in [4.78, 5) is 0. The van der Waals surface area contributed by atoms with Gasteiger partial charge in [0.1, 0.15) is 6.10 Å². The lowest BCUT2D eigenvalue weighted by molar-refractivity contribution is 0.0141. The molecular weight excluding hydrogens is 263 g/mol. The molecule has 5 N–H and O–H groups in total. The zero-order valence-electron chi connectivity index (χ0n) is 9.45. The molecule has 96 valence electrons. The van der Waals surface area contributed by atoms with Gasteiger partial charge in [0, 0.05) is 21.3 Å². The summed E-state index contributed by atoms with van der Waals surface area (Å²) >= 11 is 11.9. The normalized spacial score (nSPS) is 14.6. The molecule has 17 heavy (non-hydrogen) atoms. The minimum absolute atomic E-state index is 0.256. The number of anilines is 1. The molecule has 0 fully saturated rings. The number of aliphatic hydroxyl groups is 2. The minimum atomic E-state index is -1.12. The second-order valence-electron chi connectivity index (χ2n) is 3.80. The second-order valence-corrected chi connectivity index (χ2v) is 4.62. The van der Waals surface area contributed by atoms with E-state index < -0.39 is 12.2 Å². The van der Waals surface area contributed by atoms with Crippen molar-refractivity contribution in [2.24, 2.45) is 0 Å².